The number of nitrogens with zero attached hydrogens (tertiary/aromatic N) is 2. The van der Waals surface area contributed by atoms with Crippen LogP contribution in [0.2, 0.25) is 0 Å². The second-order valence-electron chi connectivity index (χ2n) is 3.07. The van der Waals surface area contributed by atoms with Gasteiger partial charge in [0.1, 0.15) is 10.3 Å². The van der Waals surface area contributed by atoms with Gasteiger partial charge in [0.25, 0.3) is 0 Å². The maximum absolute atomic E-state index is 5.91. The van der Waals surface area contributed by atoms with Crippen molar-refractivity contribution in [2.24, 2.45) is 15.7 Å². The molecule has 0 aromatic carbocycles. The number of aliphatic imine (C=N–C) groups is 2. The Kier molecular flexibility index (Phi) is 4.07. The van der Waals surface area contributed by atoms with Crippen LogP contribution in [0.3, 0.4) is 0 Å². The Hall–Kier alpha value is -0.900. The lowest BCUT2D eigenvalue weighted by atomic mass is 10.1. The molecule has 0 bridgehead atoms. The highest BCUT2D eigenvalue weighted by Gasteiger charge is 2.08. The van der Waals surface area contributed by atoms with E-state index in [1.165, 1.54) is 5.57 Å². The third-order valence-electron chi connectivity index (χ3n) is 2.00. The van der Waals surface area contributed by atoms with E-state index in [1.54, 1.807) is 13.3 Å². The van der Waals surface area contributed by atoms with E-state index in [4.69, 9.17) is 5.73 Å². The van der Waals surface area contributed by atoms with Gasteiger partial charge < -0.3 is 5.73 Å². The number of nitrogens with two attached hydrogens (primary N) is 1. The molecular weight excluding hydrogens is 242 g/mol. The summed E-state index contributed by atoms with van der Waals surface area (Å²) in [4.78, 5) is 8.23. The number of allylic oxidation sites excluding steroid dienone is 3. The summed E-state index contributed by atoms with van der Waals surface area (Å²) in [6.07, 6.45) is 5.46. The first-order valence-corrected chi connectivity index (χ1v) is 5.31. The summed E-state index contributed by atoms with van der Waals surface area (Å²) >= 11 is 3.38. The molecule has 1 aliphatic heterocycles. The summed E-state index contributed by atoms with van der Waals surface area (Å²) in [5.74, 6) is 0. The van der Waals surface area contributed by atoms with Crippen LogP contribution in [0, 0.1) is 0 Å². The van der Waals surface area contributed by atoms with Gasteiger partial charge in [0, 0.05) is 25.4 Å². The van der Waals surface area contributed by atoms with Gasteiger partial charge in [-0.1, -0.05) is 12.5 Å². The van der Waals surface area contributed by atoms with Crippen LogP contribution in [0.15, 0.2) is 33.0 Å². The SMILES string of the molecule is CCC1=CC(Br)=NC(C=NC)=C(N)C1. The molecule has 1 rings (SSSR count). The second-order valence-corrected chi connectivity index (χ2v) is 3.88. The van der Waals surface area contributed by atoms with Crippen molar-refractivity contribution in [3.63, 3.8) is 0 Å². The van der Waals surface area contributed by atoms with E-state index in [2.05, 4.69) is 32.8 Å². The molecular formula is C10H14BrN3. The summed E-state index contributed by atoms with van der Waals surface area (Å²) < 4.78 is 0.810. The van der Waals surface area contributed by atoms with Crippen molar-refractivity contribution in [3.05, 3.63) is 23.0 Å². The predicted molar refractivity (Wildman–Crippen MR) is 65.0 cm³/mol. The Morgan fingerprint density at radius 1 is 1.71 bits per heavy atom. The third-order valence-corrected chi connectivity index (χ3v) is 2.41. The molecule has 4 heteroatoms. The van der Waals surface area contributed by atoms with E-state index >= 15 is 0 Å². The summed E-state index contributed by atoms with van der Waals surface area (Å²) in [5.41, 5.74) is 8.71. The van der Waals surface area contributed by atoms with Crippen molar-refractivity contribution in [3.8, 4) is 0 Å². The number of hydrogen-bond acceptors (Lipinski definition) is 3. The average molecular weight is 256 g/mol. The minimum Gasteiger partial charge on any atom is -0.400 e. The standard InChI is InChI=1S/C10H14BrN3/c1-3-7-4-8(12)9(6-13-2)14-10(11)5-7/h5-6H,3-4,12H2,1-2H3. The fourth-order valence-electron chi connectivity index (χ4n) is 1.23. The normalized spacial score (nSPS) is 18.2. The van der Waals surface area contributed by atoms with Gasteiger partial charge in [0.05, 0.1) is 0 Å². The molecule has 0 amide bonds. The highest BCUT2D eigenvalue weighted by molar-refractivity contribution is 9.18. The molecule has 0 saturated carbocycles. The summed E-state index contributed by atoms with van der Waals surface area (Å²) in [6, 6.07) is 0. The summed E-state index contributed by atoms with van der Waals surface area (Å²) in [6.45, 7) is 2.11. The maximum Gasteiger partial charge on any atom is 0.106 e. The fourth-order valence-corrected chi connectivity index (χ4v) is 1.75. The van der Waals surface area contributed by atoms with E-state index in [0.717, 1.165) is 28.9 Å². The van der Waals surface area contributed by atoms with Crippen molar-refractivity contribution in [2.45, 2.75) is 19.8 Å². The smallest absolute Gasteiger partial charge is 0.106 e. The Morgan fingerprint density at radius 2 is 2.43 bits per heavy atom. The van der Waals surface area contributed by atoms with Crippen molar-refractivity contribution < 1.29 is 0 Å². The molecule has 0 spiro atoms. The van der Waals surface area contributed by atoms with Gasteiger partial charge in [0.2, 0.25) is 0 Å². The molecule has 1 aliphatic rings. The highest BCUT2D eigenvalue weighted by atomic mass is 79.9. The first kappa shape index (κ1) is 11.2. The topological polar surface area (TPSA) is 50.7 Å². The van der Waals surface area contributed by atoms with Gasteiger partial charge in [-0.25, -0.2) is 4.99 Å². The van der Waals surface area contributed by atoms with Crippen LogP contribution < -0.4 is 5.73 Å². The minimum absolute atomic E-state index is 0.749. The molecule has 0 aromatic heterocycles. The molecule has 0 fully saturated rings. The van der Waals surface area contributed by atoms with E-state index in [1.807, 2.05) is 6.08 Å². The third kappa shape index (κ3) is 2.80. The molecule has 0 atom stereocenters. The fraction of sp³-hybridized carbons (Fsp3) is 0.400. The lowest BCUT2D eigenvalue weighted by Crippen LogP contribution is -2.02. The van der Waals surface area contributed by atoms with Crippen LogP contribution in [0.4, 0.5) is 0 Å². The molecule has 1 heterocycles. The van der Waals surface area contributed by atoms with Crippen LogP contribution in [-0.2, 0) is 0 Å². The summed E-state index contributed by atoms with van der Waals surface area (Å²) in [5, 5.41) is 0. The van der Waals surface area contributed by atoms with Gasteiger partial charge in [-0.15, -0.1) is 0 Å². The zero-order chi connectivity index (χ0) is 10.6. The predicted octanol–water partition coefficient (Wildman–Crippen LogP) is 2.39. The van der Waals surface area contributed by atoms with Gasteiger partial charge in [-0.2, -0.15) is 0 Å². The summed E-state index contributed by atoms with van der Waals surface area (Å²) in [7, 11) is 1.71. The molecule has 14 heavy (non-hydrogen) atoms. The molecule has 2 N–H and O–H groups in total. The monoisotopic (exact) mass is 255 g/mol. The van der Waals surface area contributed by atoms with Crippen LogP contribution >= 0.6 is 15.9 Å². The van der Waals surface area contributed by atoms with E-state index in [-0.39, 0.29) is 0 Å². The Labute approximate surface area is 92.6 Å². The first-order chi connectivity index (χ1) is 6.67. The number of rotatable bonds is 2. The molecule has 0 aliphatic carbocycles. The zero-order valence-corrected chi connectivity index (χ0v) is 10.0. The molecule has 3 nitrogen and oxygen atoms in total. The molecule has 0 radical (unpaired) electrons. The van der Waals surface area contributed by atoms with Crippen molar-refractivity contribution in [1.29, 1.82) is 0 Å². The zero-order valence-electron chi connectivity index (χ0n) is 8.42. The van der Waals surface area contributed by atoms with Gasteiger partial charge in [-0.3, -0.25) is 4.99 Å². The van der Waals surface area contributed by atoms with Crippen molar-refractivity contribution >= 4 is 26.8 Å². The van der Waals surface area contributed by atoms with Crippen LogP contribution in [0.25, 0.3) is 0 Å². The van der Waals surface area contributed by atoms with Gasteiger partial charge in [0.15, 0.2) is 0 Å². The Morgan fingerprint density at radius 3 is 3.00 bits per heavy atom. The average Bonchev–Trinajstić information content (AvgIpc) is 2.27. The molecule has 0 saturated heterocycles. The van der Waals surface area contributed by atoms with E-state index < -0.39 is 0 Å². The van der Waals surface area contributed by atoms with Gasteiger partial charge >= 0.3 is 0 Å². The molecule has 76 valence electrons. The molecule has 0 unspecified atom stereocenters. The van der Waals surface area contributed by atoms with Crippen LogP contribution in [0.5, 0.6) is 0 Å². The van der Waals surface area contributed by atoms with Crippen molar-refractivity contribution in [1.82, 2.24) is 0 Å². The van der Waals surface area contributed by atoms with Crippen molar-refractivity contribution in [2.75, 3.05) is 7.05 Å². The quantitative estimate of drug-likeness (QED) is 0.758. The Balaban J connectivity index is 3.05. The second kappa shape index (κ2) is 5.10. The highest BCUT2D eigenvalue weighted by Crippen LogP contribution is 2.19. The van der Waals surface area contributed by atoms with E-state index in [9.17, 15) is 0 Å². The van der Waals surface area contributed by atoms with Crippen LogP contribution in [0.1, 0.15) is 19.8 Å². The largest absolute Gasteiger partial charge is 0.400 e. The van der Waals surface area contributed by atoms with E-state index in [0.29, 0.717) is 0 Å². The number of halogens is 1. The van der Waals surface area contributed by atoms with Crippen LogP contribution in [-0.4, -0.2) is 17.9 Å². The maximum atomic E-state index is 5.91. The van der Waals surface area contributed by atoms with Gasteiger partial charge in [-0.05, 0) is 28.4 Å². The minimum atomic E-state index is 0.749. The lowest BCUT2D eigenvalue weighted by Gasteiger charge is -2.02. The Bertz CT molecular complexity index is 337. The first-order valence-electron chi connectivity index (χ1n) is 4.51. The number of hydrogen-bond donors (Lipinski definition) is 1. The lowest BCUT2D eigenvalue weighted by molar-refractivity contribution is 0.975. The molecule has 0 aromatic rings.